The van der Waals surface area contributed by atoms with E-state index >= 15 is 0 Å². The van der Waals surface area contributed by atoms with Crippen LogP contribution in [0.1, 0.15) is 13.3 Å². The van der Waals surface area contributed by atoms with Gasteiger partial charge in [0.2, 0.25) is 0 Å². The van der Waals surface area contributed by atoms with Crippen molar-refractivity contribution in [2.45, 2.75) is 19.4 Å². The third-order valence-corrected chi connectivity index (χ3v) is 1.41. The molecule has 56 valence electrons. The first kappa shape index (κ1) is 7.28. The number of carbonyl (C=O) groups is 1. The van der Waals surface area contributed by atoms with E-state index in [-0.39, 0.29) is 11.7 Å². The molecule has 0 aromatic rings. The molecule has 0 bridgehead atoms. The molecule has 0 aliphatic carbocycles. The van der Waals surface area contributed by atoms with Gasteiger partial charge in [-0.1, -0.05) is 6.08 Å². The Morgan fingerprint density at radius 2 is 2.50 bits per heavy atom. The number of aliphatic carboxylic acids is 1. The fourth-order valence-corrected chi connectivity index (χ4v) is 0.596. The summed E-state index contributed by atoms with van der Waals surface area (Å²) in [5.74, 6) is -1.10. The van der Waals surface area contributed by atoms with Gasteiger partial charge in [0.05, 0.1) is 18.7 Å². The molecule has 1 rings (SSSR count). The summed E-state index contributed by atoms with van der Waals surface area (Å²) in [7, 11) is 0. The van der Waals surface area contributed by atoms with Gasteiger partial charge in [0.1, 0.15) is 0 Å². The van der Waals surface area contributed by atoms with E-state index in [0.29, 0.717) is 6.42 Å². The molecule has 3 heteroatoms. The van der Waals surface area contributed by atoms with Gasteiger partial charge in [0, 0.05) is 0 Å². The average molecular weight is 141 g/mol. The molecular formula is C7H9O3-. The second-order valence-corrected chi connectivity index (χ2v) is 2.37. The van der Waals surface area contributed by atoms with Crippen LogP contribution in [0.2, 0.25) is 0 Å². The molecule has 1 unspecified atom stereocenters. The summed E-state index contributed by atoms with van der Waals surface area (Å²) < 4.78 is 4.88. The molecule has 1 aliphatic heterocycles. The van der Waals surface area contributed by atoms with Gasteiger partial charge in [-0.15, -0.1) is 0 Å². The average Bonchev–Trinajstić information content (AvgIpc) is 2.64. The van der Waals surface area contributed by atoms with Crippen molar-refractivity contribution in [1.29, 1.82) is 0 Å². The van der Waals surface area contributed by atoms with Gasteiger partial charge >= 0.3 is 0 Å². The number of hydrogen-bond acceptors (Lipinski definition) is 3. The highest BCUT2D eigenvalue weighted by atomic mass is 16.6. The zero-order valence-electron chi connectivity index (χ0n) is 5.79. The van der Waals surface area contributed by atoms with Crippen molar-refractivity contribution in [2.24, 2.45) is 0 Å². The van der Waals surface area contributed by atoms with Gasteiger partial charge in [-0.05, 0) is 18.9 Å². The Labute approximate surface area is 59.3 Å². The highest BCUT2D eigenvalue weighted by Crippen LogP contribution is 2.14. The monoisotopic (exact) mass is 141 g/mol. The van der Waals surface area contributed by atoms with Gasteiger partial charge in [0.25, 0.3) is 0 Å². The first-order chi connectivity index (χ1) is 4.70. The maximum absolute atomic E-state index is 10.1. The van der Waals surface area contributed by atoms with Crippen molar-refractivity contribution in [3.8, 4) is 0 Å². The van der Waals surface area contributed by atoms with Crippen LogP contribution >= 0.6 is 0 Å². The molecule has 0 N–H and O–H groups in total. The Morgan fingerprint density at radius 3 is 2.90 bits per heavy atom. The summed E-state index contributed by atoms with van der Waals surface area (Å²) in [6.07, 6.45) is 2.58. The third-order valence-electron chi connectivity index (χ3n) is 1.41. The molecule has 10 heavy (non-hydrogen) atoms. The molecule has 0 amide bonds. The Bertz CT molecular complexity index is 168. The number of rotatable bonds is 3. The molecule has 1 atom stereocenters. The Kier molecular flexibility index (Phi) is 2.06. The fraction of sp³-hybridized carbons (Fsp3) is 0.571. The van der Waals surface area contributed by atoms with Crippen LogP contribution < -0.4 is 5.11 Å². The molecule has 1 fully saturated rings. The van der Waals surface area contributed by atoms with Gasteiger partial charge in [-0.3, -0.25) is 0 Å². The summed E-state index contributed by atoms with van der Waals surface area (Å²) in [6, 6.07) is 0. The zero-order valence-corrected chi connectivity index (χ0v) is 5.79. The van der Waals surface area contributed by atoms with Crippen molar-refractivity contribution in [3.05, 3.63) is 11.6 Å². The lowest BCUT2D eigenvalue weighted by Crippen LogP contribution is -2.23. The van der Waals surface area contributed by atoms with Crippen LogP contribution in [-0.4, -0.2) is 18.7 Å². The minimum absolute atomic E-state index is 0.259. The summed E-state index contributed by atoms with van der Waals surface area (Å²) >= 11 is 0. The lowest BCUT2D eigenvalue weighted by atomic mass is 10.2. The van der Waals surface area contributed by atoms with E-state index in [1.54, 1.807) is 6.08 Å². The normalized spacial score (nSPS) is 24.5. The van der Waals surface area contributed by atoms with Crippen LogP contribution in [0.3, 0.4) is 0 Å². The van der Waals surface area contributed by atoms with Crippen LogP contribution in [-0.2, 0) is 9.53 Å². The predicted octanol–water partition coefficient (Wildman–Crippen LogP) is -0.528. The van der Waals surface area contributed by atoms with Gasteiger partial charge in [-0.2, -0.15) is 0 Å². The molecule has 0 spiro atoms. The highest BCUT2D eigenvalue weighted by Gasteiger charge is 2.20. The van der Waals surface area contributed by atoms with E-state index in [1.165, 1.54) is 6.92 Å². The number of ether oxygens (including phenoxy) is 1. The second kappa shape index (κ2) is 2.84. The molecule has 1 heterocycles. The molecule has 1 aliphatic rings. The van der Waals surface area contributed by atoms with Crippen LogP contribution in [0.4, 0.5) is 0 Å². The molecule has 3 nitrogen and oxygen atoms in total. The quantitative estimate of drug-likeness (QED) is 0.392. The molecule has 0 saturated carbocycles. The Morgan fingerprint density at radius 1 is 1.90 bits per heavy atom. The lowest BCUT2D eigenvalue weighted by molar-refractivity contribution is -0.299. The van der Waals surface area contributed by atoms with Gasteiger partial charge < -0.3 is 14.6 Å². The number of epoxide rings is 1. The van der Waals surface area contributed by atoms with Crippen molar-refractivity contribution in [1.82, 2.24) is 0 Å². The maximum Gasteiger partial charge on any atom is 0.0844 e. The maximum atomic E-state index is 10.1. The van der Waals surface area contributed by atoms with Crippen LogP contribution in [0.25, 0.3) is 0 Å². The van der Waals surface area contributed by atoms with Gasteiger partial charge in [-0.25, -0.2) is 0 Å². The largest absolute Gasteiger partial charge is 0.545 e. The van der Waals surface area contributed by atoms with Crippen LogP contribution in [0.5, 0.6) is 0 Å². The fourth-order valence-electron chi connectivity index (χ4n) is 0.596. The minimum atomic E-state index is -1.10. The molecular weight excluding hydrogens is 132 g/mol. The smallest absolute Gasteiger partial charge is 0.0844 e. The number of carbonyl (C=O) groups excluding carboxylic acids is 1. The van der Waals surface area contributed by atoms with Crippen molar-refractivity contribution < 1.29 is 14.6 Å². The van der Waals surface area contributed by atoms with E-state index in [4.69, 9.17) is 4.74 Å². The Hall–Kier alpha value is -0.830. The van der Waals surface area contributed by atoms with E-state index < -0.39 is 5.97 Å². The first-order valence-corrected chi connectivity index (χ1v) is 3.20. The van der Waals surface area contributed by atoms with Crippen molar-refractivity contribution in [3.63, 3.8) is 0 Å². The van der Waals surface area contributed by atoms with Crippen LogP contribution in [0.15, 0.2) is 11.6 Å². The SMILES string of the molecule is CC(=CCC1CO1)C(=O)[O-]. The number of carboxylic acids is 1. The number of hydrogen-bond donors (Lipinski definition) is 0. The molecule has 0 aromatic heterocycles. The van der Waals surface area contributed by atoms with Crippen molar-refractivity contribution in [2.75, 3.05) is 6.61 Å². The predicted molar refractivity (Wildman–Crippen MR) is 33.1 cm³/mol. The van der Waals surface area contributed by atoms with Crippen molar-refractivity contribution >= 4 is 5.97 Å². The lowest BCUT2D eigenvalue weighted by Gasteiger charge is -1.99. The van der Waals surface area contributed by atoms with E-state index in [1.807, 2.05) is 0 Å². The van der Waals surface area contributed by atoms with Crippen LogP contribution in [0, 0.1) is 0 Å². The zero-order chi connectivity index (χ0) is 7.56. The summed E-state index contributed by atoms with van der Waals surface area (Å²) in [5, 5.41) is 10.1. The third kappa shape index (κ3) is 2.19. The number of carboxylic acid groups (broad SMARTS) is 1. The summed E-state index contributed by atoms with van der Waals surface area (Å²) in [5.41, 5.74) is 0.288. The summed E-state index contributed by atoms with van der Waals surface area (Å²) in [6.45, 7) is 2.29. The van der Waals surface area contributed by atoms with E-state index in [0.717, 1.165) is 6.61 Å². The molecule has 0 aromatic carbocycles. The van der Waals surface area contributed by atoms with E-state index in [9.17, 15) is 9.90 Å². The van der Waals surface area contributed by atoms with Gasteiger partial charge in [0.15, 0.2) is 0 Å². The standard InChI is InChI=1S/C7H10O3/c1-5(7(8)9)2-3-6-4-10-6/h2,6H,3-4H2,1H3,(H,8,9)/p-1. The summed E-state index contributed by atoms with van der Waals surface area (Å²) in [4.78, 5) is 10.1. The molecule has 0 radical (unpaired) electrons. The first-order valence-electron chi connectivity index (χ1n) is 3.20. The van der Waals surface area contributed by atoms with E-state index in [2.05, 4.69) is 0 Å². The minimum Gasteiger partial charge on any atom is -0.545 e. The topological polar surface area (TPSA) is 52.7 Å². The molecule has 1 saturated heterocycles. The second-order valence-electron chi connectivity index (χ2n) is 2.37. The highest BCUT2D eigenvalue weighted by molar-refractivity contribution is 5.83. The Balaban J connectivity index is 2.29.